The van der Waals surface area contributed by atoms with Gasteiger partial charge in [0, 0.05) is 5.69 Å². The second-order valence-electron chi connectivity index (χ2n) is 6.40. The predicted octanol–water partition coefficient (Wildman–Crippen LogP) is 7.38. The number of hydrogen-bond donors (Lipinski definition) is 1. The standard InChI is InChI=1S/C18H16F11NO3/c1-2-3-4-9-32-14(31)30-10-5-7-11(8-6-10)33-13(20)12(19)15(21,22)16(23,24)17(25,26)18(27,28)29/h5-8H,2-4,9H2,1H3,(H,30,31). The van der Waals surface area contributed by atoms with Crippen LogP contribution >= 0.6 is 0 Å². The number of halogens is 11. The molecule has 0 bridgehead atoms. The van der Waals surface area contributed by atoms with Gasteiger partial charge in [-0.15, -0.1) is 0 Å². The summed E-state index contributed by atoms with van der Waals surface area (Å²) in [6.07, 6.45) is -5.84. The van der Waals surface area contributed by atoms with Gasteiger partial charge in [0.25, 0.3) is 0 Å². The largest absolute Gasteiger partial charge is 0.460 e. The summed E-state index contributed by atoms with van der Waals surface area (Å²) in [6.45, 7) is 2.01. The van der Waals surface area contributed by atoms with Gasteiger partial charge in [-0.25, -0.2) is 4.79 Å². The zero-order chi connectivity index (χ0) is 25.7. The fraction of sp³-hybridized carbons (Fsp3) is 0.500. The number of anilines is 1. The zero-order valence-electron chi connectivity index (χ0n) is 16.5. The molecule has 0 aliphatic heterocycles. The highest BCUT2D eigenvalue weighted by Gasteiger charge is 2.83. The minimum absolute atomic E-state index is 0.0191. The van der Waals surface area contributed by atoms with E-state index in [4.69, 9.17) is 4.74 Å². The number of carbonyl (C=O) groups is 1. The van der Waals surface area contributed by atoms with E-state index in [0.29, 0.717) is 18.6 Å². The Balaban J connectivity index is 2.94. The van der Waals surface area contributed by atoms with Crippen molar-refractivity contribution in [3.05, 3.63) is 36.1 Å². The van der Waals surface area contributed by atoms with E-state index in [1.54, 1.807) is 0 Å². The van der Waals surface area contributed by atoms with Crippen LogP contribution in [0.2, 0.25) is 0 Å². The number of allylic oxidation sites excluding steroid dienone is 1. The Morgan fingerprint density at radius 3 is 1.91 bits per heavy atom. The lowest BCUT2D eigenvalue weighted by molar-refractivity contribution is -0.392. The molecule has 0 radical (unpaired) electrons. The first kappa shape index (κ1) is 28.3. The topological polar surface area (TPSA) is 47.6 Å². The van der Waals surface area contributed by atoms with Crippen molar-refractivity contribution in [1.82, 2.24) is 0 Å². The van der Waals surface area contributed by atoms with E-state index in [1.165, 1.54) is 0 Å². The van der Waals surface area contributed by atoms with E-state index in [0.717, 1.165) is 25.0 Å². The van der Waals surface area contributed by atoms with Crippen molar-refractivity contribution in [3.8, 4) is 5.75 Å². The molecule has 0 heterocycles. The molecule has 188 valence electrons. The molecule has 1 aromatic rings. The second kappa shape index (κ2) is 10.5. The van der Waals surface area contributed by atoms with E-state index < -0.39 is 47.6 Å². The van der Waals surface area contributed by atoms with Gasteiger partial charge in [-0.05, 0) is 30.7 Å². The Hall–Kier alpha value is -2.74. The molecule has 0 saturated carbocycles. The molecule has 1 rings (SSSR count). The van der Waals surface area contributed by atoms with Crippen molar-refractivity contribution < 1.29 is 62.6 Å². The molecule has 0 aliphatic carbocycles. The summed E-state index contributed by atoms with van der Waals surface area (Å²) in [5, 5.41) is 2.19. The Bertz CT molecular complexity index is 836. The van der Waals surface area contributed by atoms with Gasteiger partial charge >= 0.3 is 36.1 Å². The van der Waals surface area contributed by atoms with Gasteiger partial charge in [-0.1, -0.05) is 19.8 Å². The van der Waals surface area contributed by atoms with Crippen LogP contribution in [0.25, 0.3) is 0 Å². The van der Waals surface area contributed by atoms with E-state index >= 15 is 0 Å². The van der Waals surface area contributed by atoms with Crippen LogP contribution in [0.4, 0.5) is 58.8 Å². The maximum atomic E-state index is 13.6. The number of alkyl halides is 9. The molecule has 0 atom stereocenters. The first-order chi connectivity index (χ1) is 15.0. The summed E-state index contributed by atoms with van der Waals surface area (Å²) in [6, 6.07) is 0.116. The summed E-state index contributed by atoms with van der Waals surface area (Å²) >= 11 is 0. The Morgan fingerprint density at radius 1 is 0.879 bits per heavy atom. The number of ether oxygens (including phenoxy) is 2. The molecule has 4 nitrogen and oxygen atoms in total. The number of amides is 1. The van der Waals surface area contributed by atoms with Crippen LogP contribution in [0.15, 0.2) is 36.1 Å². The van der Waals surface area contributed by atoms with Gasteiger partial charge in [0.15, 0.2) is 0 Å². The minimum atomic E-state index is -7.40. The number of hydrogen-bond acceptors (Lipinski definition) is 3. The molecule has 1 amide bonds. The lowest BCUT2D eigenvalue weighted by Gasteiger charge is -2.32. The molecule has 15 heteroatoms. The van der Waals surface area contributed by atoms with Gasteiger partial charge < -0.3 is 9.47 Å². The third-order valence-corrected chi connectivity index (χ3v) is 3.88. The van der Waals surface area contributed by atoms with Gasteiger partial charge in [0.1, 0.15) is 5.75 Å². The fourth-order valence-corrected chi connectivity index (χ4v) is 2.06. The minimum Gasteiger partial charge on any atom is -0.449 e. The summed E-state index contributed by atoms with van der Waals surface area (Å²) in [4.78, 5) is 11.5. The Labute approximate surface area is 179 Å². The smallest absolute Gasteiger partial charge is 0.449 e. The van der Waals surface area contributed by atoms with Crippen molar-refractivity contribution in [1.29, 1.82) is 0 Å². The maximum Gasteiger partial charge on any atom is 0.460 e. The SMILES string of the molecule is CCCCCOC(=O)Nc1ccc(OC(F)=C(F)C(F)(F)C(F)(F)C(F)(F)C(F)(F)F)cc1. The molecule has 0 unspecified atom stereocenters. The number of nitrogens with one attached hydrogen (secondary N) is 1. The summed E-state index contributed by atoms with van der Waals surface area (Å²) in [5.74, 6) is -26.6. The average Bonchev–Trinajstić information content (AvgIpc) is 2.70. The average molecular weight is 503 g/mol. The van der Waals surface area contributed by atoms with E-state index in [9.17, 15) is 53.1 Å². The molecular formula is C18H16F11NO3. The van der Waals surface area contributed by atoms with E-state index in [-0.39, 0.29) is 12.3 Å². The molecule has 0 fully saturated rings. The maximum absolute atomic E-state index is 13.6. The first-order valence-electron chi connectivity index (χ1n) is 8.96. The zero-order valence-corrected chi connectivity index (χ0v) is 16.5. The highest BCUT2D eigenvalue weighted by Crippen LogP contribution is 2.55. The second-order valence-corrected chi connectivity index (χ2v) is 6.40. The van der Waals surface area contributed by atoms with Crippen LogP contribution in [0.5, 0.6) is 5.75 Å². The van der Waals surface area contributed by atoms with Gasteiger partial charge in [-0.3, -0.25) is 5.32 Å². The van der Waals surface area contributed by atoms with Gasteiger partial charge in [0.05, 0.1) is 6.61 Å². The third kappa shape index (κ3) is 6.41. The number of unbranched alkanes of at least 4 members (excludes halogenated alkanes) is 2. The molecule has 33 heavy (non-hydrogen) atoms. The van der Waals surface area contributed by atoms with Crippen LogP contribution < -0.4 is 10.1 Å². The van der Waals surface area contributed by atoms with Crippen LogP contribution in [0.3, 0.4) is 0 Å². The predicted molar refractivity (Wildman–Crippen MR) is 91.7 cm³/mol. The van der Waals surface area contributed by atoms with E-state index in [1.807, 2.05) is 6.92 Å². The molecule has 0 saturated heterocycles. The summed E-state index contributed by atoms with van der Waals surface area (Å²) in [7, 11) is 0. The highest BCUT2D eigenvalue weighted by molar-refractivity contribution is 5.84. The van der Waals surface area contributed by atoms with Crippen molar-refractivity contribution >= 4 is 11.8 Å². The van der Waals surface area contributed by atoms with Crippen LogP contribution in [-0.4, -0.2) is 36.6 Å². The quantitative estimate of drug-likeness (QED) is 0.206. The molecule has 1 aromatic carbocycles. The van der Waals surface area contributed by atoms with Gasteiger partial charge in [0.2, 0.25) is 5.83 Å². The Kier molecular flexibility index (Phi) is 8.97. The van der Waals surface area contributed by atoms with Crippen LogP contribution in [0, 0.1) is 0 Å². The van der Waals surface area contributed by atoms with Crippen LogP contribution in [-0.2, 0) is 4.74 Å². The monoisotopic (exact) mass is 503 g/mol. The first-order valence-corrected chi connectivity index (χ1v) is 8.96. The van der Waals surface area contributed by atoms with Crippen molar-refractivity contribution in [3.63, 3.8) is 0 Å². The number of benzene rings is 1. The molecule has 0 aliphatic rings. The van der Waals surface area contributed by atoms with Gasteiger partial charge in [-0.2, -0.15) is 48.3 Å². The third-order valence-electron chi connectivity index (χ3n) is 3.88. The molecule has 0 spiro atoms. The van der Waals surface area contributed by atoms with Crippen molar-refractivity contribution in [2.24, 2.45) is 0 Å². The molecule has 0 aromatic heterocycles. The normalized spacial score (nSPS) is 13.9. The number of carbonyl (C=O) groups excluding carboxylic acids is 1. The van der Waals surface area contributed by atoms with E-state index in [2.05, 4.69) is 10.1 Å². The van der Waals surface area contributed by atoms with Crippen molar-refractivity contribution in [2.45, 2.75) is 50.1 Å². The van der Waals surface area contributed by atoms with Crippen molar-refractivity contribution in [2.75, 3.05) is 11.9 Å². The number of rotatable bonds is 10. The van der Waals surface area contributed by atoms with Crippen LogP contribution in [0.1, 0.15) is 26.2 Å². The Morgan fingerprint density at radius 2 is 1.42 bits per heavy atom. The fourth-order valence-electron chi connectivity index (χ4n) is 2.06. The molecular weight excluding hydrogens is 487 g/mol. The summed E-state index contributed by atoms with van der Waals surface area (Å²) < 4.78 is 150. The highest BCUT2D eigenvalue weighted by atomic mass is 19.4. The lowest BCUT2D eigenvalue weighted by Crippen LogP contribution is -2.61. The molecule has 1 N–H and O–H groups in total. The summed E-state index contributed by atoms with van der Waals surface area (Å²) in [5.41, 5.74) is -0.0191. The lowest BCUT2D eigenvalue weighted by atomic mass is 10.0.